The Balaban J connectivity index is 1.65. The van der Waals surface area contributed by atoms with Crippen molar-refractivity contribution in [2.75, 3.05) is 19.0 Å². The number of anilines is 1. The maximum atomic E-state index is 13.9. The van der Waals surface area contributed by atoms with Crippen LogP contribution in [0, 0.1) is 35.2 Å². The third-order valence-corrected chi connectivity index (χ3v) is 6.73. The standard InChI is InChI=1S/C25H23F6N3O4/c1-3-38-34-21-12-5-6-13(21)22(33-23(35)14-9-17(27)18(28)10-19(14)37-2)20(12)24(36)32-11-4-7-16(26)15(8-11)25(29,30)31/h4,7-10,12-13,20,22H,3,5-6H2,1-2H3,(H,32,36)(H,33,35)/b34-21-/t12?,13?,20-,22+/m0/s1. The molecule has 13 heteroatoms. The van der Waals surface area contributed by atoms with E-state index in [1.807, 2.05) is 0 Å². The maximum absolute atomic E-state index is 13.9. The molecule has 2 bridgehead atoms. The van der Waals surface area contributed by atoms with E-state index in [2.05, 4.69) is 15.8 Å². The van der Waals surface area contributed by atoms with Crippen molar-refractivity contribution in [1.82, 2.24) is 5.32 Å². The molecule has 2 saturated carbocycles. The summed E-state index contributed by atoms with van der Waals surface area (Å²) in [4.78, 5) is 31.6. The van der Waals surface area contributed by atoms with Gasteiger partial charge >= 0.3 is 6.18 Å². The molecule has 0 aliphatic heterocycles. The number of hydrogen-bond donors (Lipinski definition) is 2. The van der Waals surface area contributed by atoms with Crippen LogP contribution in [0.25, 0.3) is 0 Å². The predicted octanol–water partition coefficient (Wildman–Crippen LogP) is 4.92. The number of benzene rings is 2. The second-order valence-electron chi connectivity index (χ2n) is 8.90. The monoisotopic (exact) mass is 543 g/mol. The maximum Gasteiger partial charge on any atom is 0.419 e. The van der Waals surface area contributed by atoms with Gasteiger partial charge < -0.3 is 20.2 Å². The van der Waals surface area contributed by atoms with Crippen LogP contribution >= 0.6 is 0 Å². The van der Waals surface area contributed by atoms with Crippen molar-refractivity contribution in [3.05, 3.63) is 58.9 Å². The van der Waals surface area contributed by atoms with Gasteiger partial charge in [-0.1, -0.05) is 5.16 Å². The van der Waals surface area contributed by atoms with E-state index < -0.39 is 64.8 Å². The summed E-state index contributed by atoms with van der Waals surface area (Å²) in [6, 6.07) is 2.54. The first-order valence-corrected chi connectivity index (χ1v) is 11.7. The Morgan fingerprint density at radius 1 is 1.03 bits per heavy atom. The Kier molecular flexibility index (Phi) is 7.56. The molecule has 2 fully saturated rings. The number of fused-ring (bicyclic) bond motifs is 2. The molecule has 2 amide bonds. The summed E-state index contributed by atoms with van der Waals surface area (Å²) in [6.45, 7) is 1.94. The zero-order valence-corrected chi connectivity index (χ0v) is 20.2. The van der Waals surface area contributed by atoms with Crippen LogP contribution in [0.4, 0.5) is 32.0 Å². The molecular weight excluding hydrogens is 520 g/mol. The summed E-state index contributed by atoms with van der Waals surface area (Å²) < 4.78 is 85.7. The van der Waals surface area contributed by atoms with Crippen molar-refractivity contribution in [2.24, 2.45) is 22.9 Å². The second-order valence-corrected chi connectivity index (χ2v) is 8.90. The van der Waals surface area contributed by atoms with Gasteiger partial charge in [0.15, 0.2) is 11.6 Å². The lowest BCUT2D eigenvalue weighted by Crippen LogP contribution is -2.48. The number of carbonyl (C=O) groups is 2. The summed E-state index contributed by atoms with van der Waals surface area (Å²) >= 11 is 0. The summed E-state index contributed by atoms with van der Waals surface area (Å²) in [7, 11) is 1.17. The van der Waals surface area contributed by atoms with Crippen molar-refractivity contribution in [3.63, 3.8) is 0 Å². The van der Waals surface area contributed by atoms with E-state index in [9.17, 15) is 35.9 Å². The molecule has 0 radical (unpaired) electrons. The van der Waals surface area contributed by atoms with Crippen LogP contribution in [0.5, 0.6) is 5.75 Å². The van der Waals surface area contributed by atoms with E-state index in [-0.39, 0.29) is 23.6 Å². The highest BCUT2D eigenvalue weighted by molar-refractivity contribution is 6.05. The van der Waals surface area contributed by atoms with E-state index >= 15 is 0 Å². The lowest BCUT2D eigenvalue weighted by Gasteiger charge is -2.30. The number of oxime groups is 1. The fourth-order valence-electron chi connectivity index (χ4n) is 5.12. The van der Waals surface area contributed by atoms with Crippen molar-refractivity contribution < 1.29 is 45.5 Å². The molecule has 4 atom stereocenters. The fraction of sp³-hybridized carbons (Fsp3) is 0.400. The molecule has 0 spiro atoms. The Morgan fingerprint density at radius 3 is 2.37 bits per heavy atom. The quantitative estimate of drug-likeness (QED) is 0.384. The SMILES string of the molecule is CCO/N=C1\C2CCC1[C@H](C(=O)Nc1ccc(F)c(C(F)(F)F)c1)[C@@H]2NC(=O)c1cc(F)c(F)cc1OC. The average molecular weight is 543 g/mol. The molecular formula is C25H23F6N3O4. The minimum Gasteiger partial charge on any atom is -0.496 e. The molecule has 38 heavy (non-hydrogen) atoms. The van der Waals surface area contributed by atoms with Gasteiger partial charge in [0.25, 0.3) is 5.91 Å². The number of carbonyl (C=O) groups excluding carboxylic acids is 2. The van der Waals surface area contributed by atoms with E-state index in [1.165, 1.54) is 7.11 Å². The van der Waals surface area contributed by atoms with Crippen LogP contribution < -0.4 is 15.4 Å². The van der Waals surface area contributed by atoms with Gasteiger partial charge in [0, 0.05) is 29.6 Å². The van der Waals surface area contributed by atoms with Gasteiger partial charge in [0.1, 0.15) is 18.2 Å². The number of halogens is 6. The van der Waals surface area contributed by atoms with Crippen LogP contribution in [0.1, 0.15) is 35.7 Å². The number of amides is 2. The van der Waals surface area contributed by atoms with Crippen molar-refractivity contribution >= 4 is 23.2 Å². The normalized spacial score (nSPS) is 23.4. The largest absolute Gasteiger partial charge is 0.496 e. The first-order chi connectivity index (χ1) is 18.0. The molecule has 0 aromatic heterocycles. The molecule has 2 unspecified atom stereocenters. The van der Waals surface area contributed by atoms with Gasteiger partial charge in [0.2, 0.25) is 5.91 Å². The van der Waals surface area contributed by atoms with E-state index in [0.717, 1.165) is 6.07 Å². The van der Waals surface area contributed by atoms with E-state index in [1.54, 1.807) is 6.92 Å². The highest BCUT2D eigenvalue weighted by Crippen LogP contribution is 2.47. The topological polar surface area (TPSA) is 89.0 Å². The van der Waals surface area contributed by atoms with E-state index in [0.29, 0.717) is 42.8 Å². The Bertz CT molecular complexity index is 1280. The third kappa shape index (κ3) is 5.14. The van der Waals surface area contributed by atoms with E-state index in [4.69, 9.17) is 9.57 Å². The van der Waals surface area contributed by atoms with Crippen LogP contribution in [-0.4, -0.2) is 37.3 Å². The van der Waals surface area contributed by atoms with Crippen molar-refractivity contribution in [1.29, 1.82) is 0 Å². The molecule has 4 rings (SSSR count). The molecule has 2 aromatic rings. The molecule has 2 aliphatic rings. The number of methoxy groups -OCH3 is 1. The molecule has 0 heterocycles. The van der Waals surface area contributed by atoms with Crippen LogP contribution in [-0.2, 0) is 15.8 Å². The second kappa shape index (κ2) is 10.5. The van der Waals surface area contributed by atoms with Crippen LogP contribution in [0.3, 0.4) is 0 Å². The van der Waals surface area contributed by atoms with Gasteiger partial charge in [-0.2, -0.15) is 13.2 Å². The van der Waals surface area contributed by atoms with Crippen LogP contribution in [0.2, 0.25) is 0 Å². The zero-order chi connectivity index (χ0) is 27.8. The number of nitrogens with one attached hydrogen (secondary N) is 2. The Hall–Kier alpha value is -3.77. The predicted molar refractivity (Wildman–Crippen MR) is 123 cm³/mol. The molecule has 2 aromatic carbocycles. The zero-order valence-electron chi connectivity index (χ0n) is 20.2. The smallest absolute Gasteiger partial charge is 0.419 e. The fourth-order valence-corrected chi connectivity index (χ4v) is 5.12. The third-order valence-electron chi connectivity index (χ3n) is 6.73. The van der Waals surface area contributed by atoms with Crippen molar-refractivity contribution in [2.45, 2.75) is 32.0 Å². The molecule has 2 N–H and O–H groups in total. The summed E-state index contributed by atoms with van der Waals surface area (Å²) in [5.41, 5.74) is -1.64. The Morgan fingerprint density at radius 2 is 1.71 bits per heavy atom. The summed E-state index contributed by atoms with van der Waals surface area (Å²) in [5.74, 6) is -7.78. The lowest BCUT2D eigenvalue weighted by atomic mass is 9.83. The average Bonchev–Trinajstić information content (AvgIpc) is 3.39. The lowest BCUT2D eigenvalue weighted by molar-refractivity contribution is -0.140. The van der Waals surface area contributed by atoms with Gasteiger partial charge in [-0.25, -0.2) is 13.2 Å². The van der Waals surface area contributed by atoms with Crippen LogP contribution in [0.15, 0.2) is 35.5 Å². The molecule has 2 aliphatic carbocycles. The Labute approximate surface area is 213 Å². The summed E-state index contributed by atoms with van der Waals surface area (Å²) in [6.07, 6.45) is -3.96. The number of rotatable bonds is 7. The highest BCUT2D eigenvalue weighted by Gasteiger charge is 2.56. The molecule has 0 saturated heterocycles. The van der Waals surface area contributed by atoms with Gasteiger partial charge in [0.05, 0.1) is 29.9 Å². The van der Waals surface area contributed by atoms with Gasteiger partial charge in [-0.3, -0.25) is 9.59 Å². The number of nitrogens with zero attached hydrogens (tertiary/aromatic N) is 1. The van der Waals surface area contributed by atoms with Crippen molar-refractivity contribution in [3.8, 4) is 5.75 Å². The minimum atomic E-state index is -4.98. The number of alkyl halides is 3. The first kappa shape index (κ1) is 27.3. The molecule has 7 nitrogen and oxygen atoms in total. The number of ether oxygens (including phenoxy) is 1. The summed E-state index contributed by atoms with van der Waals surface area (Å²) in [5, 5.41) is 9.16. The highest BCUT2D eigenvalue weighted by atomic mass is 19.4. The minimum absolute atomic E-state index is 0.235. The van der Waals surface area contributed by atoms with Gasteiger partial charge in [-0.05, 0) is 44.0 Å². The first-order valence-electron chi connectivity index (χ1n) is 11.7. The molecule has 204 valence electrons. The number of hydrogen-bond acceptors (Lipinski definition) is 5. The van der Waals surface area contributed by atoms with Gasteiger partial charge in [-0.15, -0.1) is 0 Å².